The molecule has 0 saturated carbocycles. The molecule has 0 saturated heterocycles. The van der Waals surface area contributed by atoms with E-state index in [2.05, 4.69) is 10.3 Å². The third kappa shape index (κ3) is 4.67. The molecular weight excluding hydrogens is 340 g/mol. The smallest absolute Gasteiger partial charge is 0.325 e. The number of amides is 1. The molecule has 1 aromatic heterocycles. The van der Waals surface area contributed by atoms with Crippen LogP contribution in [0.25, 0.3) is 0 Å². The Labute approximate surface area is 142 Å². The lowest BCUT2D eigenvalue weighted by atomic mass is 10.3. The number of carboxylic acid groups (broad SMARTS) is 1. The van der Waals surface area contributed by atoms with Crippen LogP contribution in [0.1, 0.15) is 27.3 Å². The van der Waals surface area contributed by atoms with E-state index in [-0.39, 0.29) is 6.61 Å². The summed E-state index contributed by atoms with van der Waals surface area (Å²) in [6.07, 6.45) is 0. The molecule has 8 heteroatoms. The average molecular weight is 355 g/mol. The van der Waals surface area contributed by atoms with Gasteiger partial charge < -0.3 is 15.2 Å². The molecule has 1 unspecified atom stereocenters. The number of halogens is 1. The number of nitrogens with zero attached hydrogens (tertiary/aromatic N) is 1. The van der Waals surface area contributed by atoms with Gasteiger partial charge in [0.1, 0.15) is 28.3 Å². The monoisotopic (exact) mass is 354 g/mol. The van der Waals surface area contributed by atoms with E-state index in [0.717, 1.165) is 0 Å². The fourth-order valence-electron chi connectivity index (χ4n) is 1.72. The van der Waals surface area contributed by atoms with Crippen molar-refractivity contribution in [2.45, 2.75) is 26.5 Å². The molecule has 122 valence electrons. The highest BCUT2D eigenvalue weighted by molar-refractivity contribution is 7.13. The van der Waals surface area contributed by atoms with Crippen molar-refractivity contribution in [1.29, 1.82) is 0 Å². The quantitative estimate of drug-likeness (QED) is 0.832. The number of carboxylic acids is 1. The molecule has 0 aliphatic rings. The first-order chi connectivity index (χ1) is 10.9. The molecule has 23 heavy (non-hydrogen) atoms. The highest BCUT2D eigenvalue weighted by Gasteiger charge is 2.20. The molecule has 0 bridgehead atoms. The Morgan fingerprint density at radius 1 is 1.39 bits per heavy atom. The second-order valence-electron chi connectivity index (χ2n) is 4.80. The van der Waals surface area contributed by atoms with E-state index < -0.39 is 17.9 Å². The Morgan fingerprint density at radius 2 is 2.04 bits per heavy atom. The van der Waals surface area contributed by atoms with E-state index in [1.165, 1.54) is 18.3 Å². The molecule has 2 aromatic rings. The largest absolute Gasteiger partial charge is 0.486 e. The van der Waals surface area contributed by atoms with Crippen molar-refractivity contribution in [2.75, 3.05) is 0 Å². The number of aryl methyl sites for hydroxylation is 1. The summed E-state index contributed by atoms with van der Waals surface area (Å²) in [5, 5.41) is 12.5. The molecule has 2 rings (SSSR count). The summed E-state index contributed by atoms with van der Waals surface area (Å²) < 4.78 is 5.58. The molecule has 0 fully saturated rings. The summed E-state index contributed by atoms with van der Waals surface area (Å²) in [5.74, 6) is -0.896. The molecule has 6 nitrogen and oxygen atoms in total. The van der Waals surface area contributed by atoms with Gasteiger partial charge in [0.15, 0.2) is 0 Å². The summed E-state index contributed by atoms with van der Waals surface area (Å²) in [6.45, 7) is 3.32. The molecule has 0 aliphatic carbocycles. The van der Waals surface area contributed by atoms with E-state index >= 15 is 0 Å². The minimum absolute atomic E-state index is 0.217. The zero-order valence-electron chi connectivity index (χ0n) is 12.5. The molecule has 1 aromatic carbocycles. The first-order valence-corrected chi connectivity index (χ1v) is 7.94. The van der Waals surface area contributed by atoms with Crippen molar-refractivity contribution < 1.29 is 19.4 Å². The molecule has 1 amide bonds. The van der Waals surface area contributed by atoms with Crippen LogP contribution >= 0.6 is 22.9 Å². The lowest BCUT2D eigenvalue weighted by Gasteiger charge is -2.07. The number of carbonyl (C=O) groups is 2. The van der Waals surface area contributed by atoms with Crippen LogP contribution in [0.2, 0.25) is 5.02 Å². The van der Waals surface area contributed by atoms with Gasteiger partial charge in [0.05, 0.1) is 5.69 Å². The minimum atomic E-state index is -1.09. The summed E-state index contributed by atoms with van der Waals surface area (Å²) in [7, 11) is 0. The fraction of sp³-hybridized carbons (Fsp3) is 0.267. The third-order valence-corrected chi connectivity index (χ3v) is 4.32. The summed E-state index contributed by atoms with van der Waals surface area (Å²) in [4.78, 5) is 27.5. The van der Waals surface area contributed by atoms with E-state index in [1.54, 1.807) is 31.2 Å². The van der Waals surface area contributed by atoms with Gasteiger partial charge >= 0.3 is 5.97 Å². The number of rotatable bonds is 6. The van der Waals surface area contributed by atoms with Gasteiger partial charge in [0.25, 0.3) is 5.91 Å². The number of hydrogen-bond donors (Lipinski definition) is 2. The summed E-state index contributed by atoms with van der Waals surface area (Å²) in [6, 6.07) is 5.96. The van der Waals surface area contributed by atoms with E-state index in [9.17, 15) is 9.59 Å². The average Bonchev–Trinajstić information content (AvgIpc) is 2.87. The second kappa shape index (κ2) is 7.43. The van der Waals surface area contributed by atoms with Gasteiger partial charge in [-0.05, 0) is 38.1 Å². The number of thiazole rings is 1. The lowest BCUT2D eigenvalue weighted by molar-refractivity contribution is -0.138. The Hall–Kier alpha value is -2.12. The maximum atomic E-state index is 12.0. The van der Waals surface area contributed by atoms with Gasteiger partial charge in [-0.25, -0.2) is 4.98 Å². The maximum Gasteiger partial charge on any atom is 0.325 e. The van der Waals surface area contributed by atoms with Crippen LogP contribution < -0.4 is 10.1 Å². The zero-order valence-corrected chi connectivity index (χ0v) is 14.1. The van der Waals surface area contributed by atoms with Gasteiger partial charge in [-0.3, -0.25) is 9.59 Å². The van der Waals surface area contributed by atoms with Crippen molar-refractivity contribution in [3.63, 3.8) is 0 Å². The number of nitrogens with one attached hydrogen (secondary N) is 1. The molecule has 1 atom stereocenters. The van der Waals surface area contributed by atoms with Crippen LogP contribution in [0.15, 0.2) is 24.3 Å². The maximum absolute atomic E-state index is 12.0. The van der Waals surface area contributed by atoms with Crippen molar-refractivity contribution >= 4 is 34.8 Å². The normalized spacial score (nSPS) is 11.8. The fourth-order valence-corrected chi connectivity index (χ4v) is 2.73. The number of hydrogen-bond acceptors (Lipinski definition) is 5. The molecular formula is C15H15ClN2O4S. The van der Waals surface area contributed by atoms with Crippen LogP contribution in [0, 0.1) is 6.92 Å². The van der Waals surface area contributed by atoms with Gasteiger partial charge in [-0.2, -0.15) is 0 Å². The predicted octanol–water partition coefficient (Wildman–Crippen LogP) is 2.89. The zero-order chi connectivity index (χ0) is 17.0. The Bertz CT molecular complexity index is 715. The number of aliphatic carboxylic acids is 1. The van der Waals surface area contributed by atoms with E-state index in [0.29, 0.717) is 26.4 Å². The van der Waals surface area contributed by atoms with Gasteiger partial charge in [-0.15, -0.1) is 11.3 Å². The number of benzene rings is 1. The predicted molar refractivity (Wildman–Crippen MR) is 87.2 cm³/mol. The van der Waals surface area contributed by atoms with Crippen LogP contribution in [-0.4, -0.2) is 28.0 Å². The second-order valence-corrected chi connectivity index (χ2v) is 6.32. The number of aromatic nitrogens is 1. The van der Waals surface area contributed by atoms with E-state index in [1.807, 2.05) is 0 Å². The summed E-state index contributed by atoms with van der Waals surface area (Å²) in [5.41, 5.74) is 0.541. The standard InChI is InChI=1S/C15H15ClN2O4S/c1-8-13(14(19)18-9(2)15(20)21)23-12(17-8)7-22-11-5-3-10(16)4-6-11/h3-6,9H,7H2,1-2H3,(H,18,19)(H,20,21). The van der Waals surface area contributed by atoms with Crippen LogP contribution in [0.4, 0.5) is 0 Å². The van der Waals surface area contributed by atoms with Crippen molar-refractivity contribution in [1.82, 2.24) is 10.3 Å². The van der Waals surface area contributed by atoms with Gasteiger partial charge in [-0.1, -0.05) is 11.6 Å². The topological polar surface area (TPSA) is 88.5 Å². The Balaban J connectivity index is 2.01. The first-order valence-electron chi connectivity index (χ1n) is 6.75. The third-order valence-electron chi connectivity index (χ3n) is 2.94. The van der Waals surface area contributed by atoms with Crippen molar-refractivity contribution in [2.24, 2.45) is 0 Å². The molecule has 0 radical (unpaired) electrons. The SMILES string of the molecule is Cc1nc(COc2ccc(Cl)cc2)sc1C(=O)NC(C)C(=O)O. The van der Waals surface area contributed by atoms with Crippen LogP contribution in [0.3, 0.4) is 0 Å². The van der Waals surface area contributed by atoms with Crippen LogP contribution in [0.5, 0.6) is 5.75 Å². The Kier molecular flexibility index (Phi) is 5.57. The summed E-state index contributed by atoms with van der Waals surface area (Å²) >= 11 is 6.98. The van der Waals surface area contributed by atoms with Crippen LogP contribution in [-0.2, 0) is 11.4 Å². The highest BCUT2D eigenvalue weighted by Crippen LogP contribution is 2.21. The number of carbonyl (C=O) groups excluding carboxylic acids is 1. The van der Waals surface area contributed by atoms with E-state index in [4.69, 9.17) is 21.4 Å². The highest BCUT2D eigenvalue weighted by atomic mass is 35.5. The van der Waals surface area contributed by atoms with Gasteiger partial charge in [0.2, 0.25) is 0 Å². The molecule has 1 heterocycles. The first kappa shape index (κ1) is 17.2. The van der Waals surface area contributed by atoms with Gasteiger partial charge in [0, 0.05) is 5.02 Å². The molecule has 2 N–H and O–H groups in total. The number of ether oxygens (including phenoxy) is 1. The molecule has 0 aliphatic heterocycles. The van der Waals surface area contributed by atoms with Crippen molar-refractivity contribution in [3.05, 3.63) is 44.9 Å². The Morgan fingerprint density at radius 3 is 2.65 bits per heavy atom. The minimum Gasteiger partial charge on any atom is -0.486 e. The lowest BCUT2D eigenvalue weighted by Crippen LogP contribution is -2.38. The molecule has 0 spiro atoms. The van der Waals surface area contributed by atoms with Crippen molar-refractivity contribution in [3.8, 4) is 5.75 Å².